The predicted molar refractivity (Wildman–Crippen MR) is 73.9 cm³/mol. The summed E-state index contributed by atoms with van der Waals surface area (Å²) in [5.41, 5.74) is 0.631. The molecule has 5 nitrogen and oxygen atoms in total. The van der Waals surface area contributed by atoms with E-state index in [0.29, 0.717) is 30.3 Å². The summed E-state index contributed by atoms with van der Waals surface area (Å²) in [6.07, 6.45) is 0. The van der Waals surface area contributed by atoms with Crippen molar-refractivity contribution in [3.8, 4) is 11.5 Å². The van der Waals surface area contributed by atoms with Crippen molar-refractivity contribution in [2.24, 2.45) is 0 Å². The molecule has 1 saturated heterocycles. The zero-order chi connectivity index (χ0) is 13.2. The lowest BCUT2D eigenvalue weighted by Crippen LogP contribution is -2.46. The van der Waals surface area contributed by atoms with Crippen LogP contribution >= 0.6 is 15.9 Å². The van der Waals surface area contributed by atoms with E-state index in [-0.39, 0.29) is 5.91 Å². The summed E-state index contributed by atoms with van der Waals surface area (Å²) in [4.78, 5) is 14.3. The van der Waals surface area contributed by atoms with E-state index >= 15 is 0 Å². The van der Waals surface area contributed by atoms with Crippen molar-refractivity contribution in [3.63, 3.8) is 0 Å². The first-order valence-corrected chi connectivity index (χ1v) is 7.14. The zero-order valence-electron chi connectivity index (χ0n) is 10.4. The quantitative estimate of drug-likeness (QED) is 0.844. The number of hydrogen-bond acceptors (Lipinski definition) is 4. The molecule has 2 aliphatic heterocycles. The van der Waals surface area contributed by atoms with Crippen LogP contribution in [0, 0.1) is 0 Å². The summed E-state index contributed by atoms with van der Waals surface area (Å²) >= 11 is 3.44. The van der Waals surface area contributed by atoms with Gasteiger partial charge in [0.15, 0.2) is 11.5 Å². The van der Waals surface area contributed by atoms with Crippen LogP contribution in [-0.4, -0.2) is 50.2 Å². The fourth-order valence-electron chi connectivity index (χ4n) is 2.27. The highest BCUT2D eigenvalue weighted by Crippen LogP contribution is 2.36. The van der Waals surface area contributed by atoms with Crippen LogP contribution in [0.2, 0.25) is 0 Å². The molecule has 0 saturated carbocycles. The second-order valence-corrected chi connectivity index (χ2v) is 5.37. The van der Waals surface area contributed by atoms with E-state index in [1.165, 1.54) is 0 Å². The van der Waals surface area contributed by atoms with Crippen LogP contribution in [0.15, 0.2) is 16.6 Å². The molecule has 0 unspecified atom stereocenters. The van der Waals surface area contributed by atoms with E-state index in [1.807, 2.05) is 11.0 Å². The van der Waals surface area contributed by atoms with Crippen LogP contribution in [-0.2, 0) is 0 Å². The second kappa shape index (κ2) is 5.38. The monoisotopic (exact) mass is 326 g/mol. The first-order valence-electron chi connectivity index (χ1n) is 6.35. The topological polar surface area (TPSA) is 50.8 Å². The van der Waals surface area contributed by atoms with Gasteiger partial charge in [0.25, 0.3) is 5.91 Å². The molecular formula is C13H15BrN2O3. The normalized spacial score (nSPS) is 18.3. The standard InChI is InChI=1S/C13H15BrN2O3/c14-10-8-12-11(18-5-6-19-12)7-9(10)13(17)16-3-1-15-2-4-16/h7-8,15H,1-6H2. The van der Waals surface area contributed by atoms with E-state index < -0.39 is 0 Å². The number of nitrogens with zero attached hydrogens (tertiary/aromatic N) is 1. The Morgan fingerprint density at radius 1 is 1.16 bits per heavy atom. The number of rotatable bonds is 1. The lowest BCUT2D eigenvalue weighted by molar-refractivity contribution is 0.0733. The molecule has 102 valence electrons. The van der Waals surface area contributed by atoms with Crippen molar-refractivity contribution in [1.82, 2.24) is 10.2 Å². The summed E-state index contributed by atoms with van der Waals surface area (Å²) in [5, 5.41) is 3.24. The average molecular weight is 327 g/mol. The van der Waals surface area contributed by atoms with Gasteiger partial charge in [0.05, 0.1) is 5.56 Å². The maximum Gasteiger partial charge on any atom is 0.255 e. The molecule has 1 fully saturated rings. The highest BCUT2D eigenvalue weighted by Gasteiger charge is 2.23. The number of nitrogens with one attached hydrogen (secondary N) is 1. The molecule has 2 heterocycles. The van der Waals surface area contributed by atoms with Gasteiger partial charge in [-0.2, -0.15) is 0 Å². The number of amides is 1. The zero-order valence-corrected chi connectivity index (χ0v) is 12.0. The van der Waals surface area contributed by atoms with Gasteiger partial charge in [0, 0.05) is 30.7 Å². The van der Waals surface area contributed by atoms with Gasteiger partial charge >= 0.3 is 0 Å². The molecule has 2 aliphatic rings. The van der Waals surface area contributed by atoms with Crippen molar-refractivity contribution >= 4 is 21.8 Å². The molecule has 0 spiro atoms. The number of piperazine rings is 1. The predicted octanol–water partition coefficient (Wildman–Crippen LogP) is 1.27. The van der Waals surface area contributed by atoms with Gasteiger partial charge < -0.3 is 19.7 Å². The Morgan fingerprint density at radius 2 is 1.79 bits per heavy atom. The van der Waals surface area contributed by atoms with E-state index in [4.69, 9.17) is 9.47 Å². The number of halogens is 1. The van der Waals surface area contributed by atoms with Crippen molar-refractivity contribution in [2.75, 3.05) is 39.4 Å². The average Bonchev–Trinajstić information content (AvgIpc) is 2.47. The van der Waals surface area contributed by atoms with Gasteiger partial charge in [-0.25, -0.2) is 0 Å². The van der Waals surface area contributed by atoms with Crippen LogP contribution in [0.3, 0.4) is 0 Å². The third-order valence-electron chi connectivity index (χ3n) is 3.27. The first kappa shape index (κ1) is 12.7. The molecule has 0 aliphatic carbocycles. The van der Waals surface area contributed by atoms with Crippen molar-refractivity contribution in [2.45, 2.75) is 0 Å². The van der Waals surface area contributed by atoms with E-state index in [9.17, 15) is 4.79 Å². The minimum atomic E-state index is 0.0327. The van der Waals surface area contributed by atoms with E-state index in [2.05, 4.69) is 21.2 Å². The number of hydrogen-bond donors (Lipinski definition) is 1. The first-order chi connectivity index (χ1) is 9.25. The SMILES string of the molecule is O=C(c1cc2c(cc1Br)OCCO2)N1CCNCC1. The minimum absolute atomic E-state index is 0.0327. The van der Waals surface area contributed by atoms with Crippen LogP contribution in [0.25, 0.3) is 0 Å². The molecule has 3 rings (SSSR count). The number of ether oxygens (including phenoxy) is 2. The lowest BCUT2D eigenvalue weighted by atomic mass is 10.1. The molecule has 1 aromatic rings. The fourth-order valence-corrected chi connectivity index (χ4v) is 2.76. The summed E-state index contributed by atoms with van der Waals surface area (Å²) < 4.78 is 11.8. The molecule has 0 bridgehead atoms. The molecule has 6 heteroatoms. The molecule has 19 heavy (non-hydrogen) atoms. The van der Waals surface area contributed by atoms with Gasteiger partial charge in [0.2, 0.25) is 0 Å². The molecule has 0 radical (unpaired) electrons. The molecule has 0 atom stereocenters. The summed E-state index contributed by atoms with van der Waals surface area (Å²) in [5.74, 6) is 1.37. The van der Waals surface area contributed by atoms with Crippen LogP contribution in [0.1, 0.15) is 10.4 Å². The summed E-state index contributed by atoms with van der Waals surface area (Å²) in [7, 11) is 0. The summed E-state index contributed by atoms with van der Waals surface area (Å²) in [6.45, 7) is 4.22. The number of carbonyl (C=O) groups is 1. The molecule has 0 aromatic heterocycles. The highest BCUT2D eigenvalue weighted by molar-refractivity contribution is 9.10. The Bertz CT molecular complexity index is 501. The Morgan fingerprint density at radius 3 is 2.47 bits per heavy atom. The summed E-state index contributed by atoms with van der Waals surface area (Å²) in [6, 6.07) is 3.58. The maximum absolute atomic E-state index is 12.5. The molecular weight excluding hydrogens is 312 g/mol. The number of carbonyl (C=O) groups excluding carboxylic acids is 1. The Balaban J connectivity index is 1.89. The molecule has 1 aromatic carbocycles. The second-order valence-electron chi connectivity index (χ2n) is 4.52. The van der Waals surface area contributed by atoms with Crippen molar-refractivity contribution in [3.05, 3.63) is 22.2 Å². The third-order valence-corrected chi connectivity index (χ3v) is 3.92. The van der Waals surface area contributed by atoms with E-state index in [1.54, 1.807) is 6.07 Å². The molecule has 1 amide bonds. The van der Waals surface area contributed by atoms with Crippen molar-refractivity contribution in [1.29, 1.82) is 0 Å². The van der Waals surface area contributed by atoms with Crippen LogP contribution in [0.4, 0.5) is 0 Å². The Labute approximate surface area is 120 Å². The largest absolute Gasteiger partial charge is 0.486 e. The van der Waals surface area contributed by atoms with Gasteiger partial charge in [-0.3, -0.25) is 4.79 Å². The molecule has 1 N–H and O–H groups in total. The maximum atomic E-state index is 12.5. The van der Waals surface area contributed by atoms with Crippen molar-refractivity contribution < 1.29 is 14.3 Å². The smallest absolute Gasteiger partial charge is 0.255 e. The number of benzene rings is 1. The third kappa shape index (κ3) is 2.55. The number of fused-ring (bicyclic) bond motifs is 1. The van der Waals surface area contributed by atoms with Crippen LogP contribution in [0.5, 0.6) is 11.5 Å². The van der Waals surface area contributed by atoms with Gasteiger partial charge in [-0.1, -0.05) is 0 Å². The van der Waals surface area contributed by atoms with Gasteiger partial charge in [-0.15, -0.1) is 0 Å². The van der Waals surface area contributed by atoms with Gasteiger partial charge in [0.1, 0.15) is 13.2 Å². The minimum Gasteiger partial charge on any atom is -0.486 e. The van der Waals surface area contributed by atoms with Crippen LogP contribution < -0.4 is 14.8 Å². The lowest BCUT2D eigenvalue weighted by Gasteiger charge is -2.28. The Hall–Kier alpha value is -1.27. The Kier molecular flexibility index (Phi) is 3.61. The van der Waals surface area contributed by atoms with Gasteiger partial charge in [-0.05, 0) is 28.1 Å². The fraction of sp³-hybridized carbons (Fsp3) is 0.462. The van der Waals surface area contributed by atoms with E-state index in [0.717, 1.165) is 30.7 Å². The highest BCUT2D eigenvalue weighted by atomic mass is 79.9.